The van der Waals surface area contributed by atoms with Crippen molar-refractivity contribution >= 4 is 5.97 Å². The first-order valence-corrected chi connectivity index (χ1v) is 5.40. The van der Waals surface area contributed by atoms with Gasteiger partial charge in [-0.15, -0.1) is 0 Å². The van der Waals surface area contributed by atoms with E-state index in [0.717, 1.165) is 24.5 Å². The van der Waals surface area contributed by atoms with Crippen LogP contribution in [-0.2, 0) is 10.2 Å². The van der Waals surface area contributed by atoms with Crippen LogP contribution in [0.4, 0.5) is 8.78 Å². The predicted molar refractivity (Wildman–Crippen MR) is 62.5 cm³/mol. The number of rotatable bonds is 3. The number of hydrogen-bond acceptors (Lipinski definition) is 3. The molecule has 0 aliphatic heterocycles. The molecular formula is C13H10F2N2O2. The van der Waals surface area contributed by atoms with Crippen molar-refractivity contribution in [1.82, 2.24) is 9.97 Å². The number of aromatic nitrogens is 2. The molecular weight excluding hydrogens is 254 g/mol. The molecule has 0 unspecified atom stereocenters. The fourth-order valence-corrected chi connectivity index (χ4v) is 1.78. The molecule has 0 spiro atoms. The van der Waals surface area contributed by atoms with Crippen molar-refractivity contribution in [3.63, 3.8) is 0 Å². The molecule has 0 radical (unpaired) electrons. The molecule has 0 aliphatic carbocycles. The molecule has 4 nitrogen and oxygen atoms in total. The van der Waals surface area contributed by atoms with Crippen molar-refractivity contribution in [1.29, 1.82) is 0 Å². The van der Waals surface area contributed by atoms with Gasteiger partial charge in [0, 0.05) is 12.4 Å². The van der Waals surface area contributed by atoms with Gasteiger partial charge in [-0.25, -0.2) is 8.78 Å². The van der Waals surface area contributed by atoms with E-state index < -0.39 is 23.0 Å². The second-order valence-corrected chi connectivity index (χ2v) is 4.21. The third-order valence-corrected chi connectivity index (χ3v) is 2.99. The molecule has 2 heterocycles. The van der Waals surface area contributed by atoms with Gasteiger partial charge in [0.2, 0.25) is 0 Å². The minimum absolute atomic E-state index is 0.118. The molecule has 0 saturated carbocycles. The lowest BCUT2D eigenvalue weighted by atomic mass is 9.77. The van der Waals surface area contributed by atoms with Gasteiger partial charge in [-0.05, 0) is 30.2 Å². The van der Waals surface area contributed by atoms with Gasteiger partial charge >= 0.3 is 5.97 Å². The first-order valence-electron chi connectivity index (χ1n) is 5.40. The van der Waals surface area contributed by atoms with Crippen LogP contribution in [0.5, 0.6) is 0 Å². The molecule has 2 rings (SSSR count). The Labute approximate surface area is 107 Å². The van der Waals surface area contributed by atoms with Crippen LogP contribution in [0.1, 0.15) is 18.1 Å². The van der Waals surface area contributed by atoms with Gasteiger partial charge in [0.05, 0.1) is 12.4 Å². The van der Waals surface area contributed by atoms with Crippen LogP contribution in [0.15, 0.2) is 36.9 Å². The van der Waals surface area contributed by atoms with Gasteiger partial charge < -0.3 is 5.11 Å². The summed E-state index contributed by atoms with van der Waals surface area (Å²) >= 11 is 0. The SMILES string of the molecule is CC(C(=O)O)(c1cncc(F)c1)c1cncc(F)c1. The number of nitrogens with zero attached hydrogens (tertiary/aromatic N) is 2. The predicted octanol–water partition coefficient (Wildman–Crippen LogP) is 2.15. The Morgan fingerprint density at radius 2 is 1.47 bits per heavy atom. The van der Waals surface area contributed by atoms with Crippen LogP contribution in [-0.4, -0.2) is 21.0 Å². The standard InChI is InChI=1S/C13H10F2N2O2/c1-13(12(18)19,8-2-10(14)6-16-4-8)9-3-11(15)7-17-5-9/h2-7H,1H3,(H,18,19). The Morgan fingerprint density at radius 3 is 1.79 bits per heavy atom. The van der Waals surface area contributed by atoms with E-state index in [9.17, 15) is 18.7 Å². The van der Waals surface area contributed by atoms with Crippen molar-refractivity contribution in [2.45, 2.75) is 12.3 Å². The molecule has 0 bridgehead atoms. The molecule has 0 saturated heterocycles. The van der Waals surface area contributed by atoms with Crippen LogP contribution >= 0.6 is 0 Å². The number of halogens is 2. The Morgan fingerprint density at radius 1 is 1.05 bits per heavy atom. The summed E-state index contributed by atoms with van der Waals surface area (Å²) in [6.45, 7) is 1.35. The zero-order chi connectivity index (χ0) is 14.0. The van der Waals surface area contributed by atoms with E-state index in [2.05, 4.69) is 9.97 Å². The summed E-state index contributed by atoms with van der Waals surface area (Å²) in [6, 6.07) is 2.12. The van der Waals surface area contributed by atoms with Gasteiger partial charge in [0.1, 0.15) is 17.0 Å². The highest BCUT2D eigenvalue weighted by Crippen LogP contribution is 2.32. The third-order valence-electron chi connectivity index (χ3n) is 2.99. The van der Waals surface area contributed by atoms with Crippen LogP contribution in [0.3, 0.4) is 0 Å². The maximum atomic E-state index is 13.2. The third kappa shape index (κ3) is 2.29. The molecule has 0 aliphatic rings. The van der Waals surface area contributed by atoms with E-state index in [-0.39, 0.29) is 11.1 Å². The maximum Gasteiger partial charge on any atom is 0.318 e. The summed E-state index contributed by atoms with van der Waals surface area (Å²) in [5, 5.41) is 9.42. The van der Waals surface area contributed by atoms with Crippen LogP contribution in [0.2, 0.25) is 0 Å². The van der Waals surface area contributed by atoms with Crippen LogP contribution in [0, 0.1) is 11.6 Å². The second kappa shape index (κ2) is 4.72. The normalized spacial score (nSPS) is 11.3. The highest BCUT2D eigenvalue weighted by atomic mass is 19.1. The van der Waals surface area contributed by atoms with Crippen molar-refractivity contribution in [2.75, 3.05) is 0 Å². The maximum absolute atomic E-state index is 13.2. The number of carboxylic acids is 1. The van der Waals surface area contributed by atoms with Gasteiger partial charge in [0.25, 0.3) is 0 Å². The summed E-state index contributed by atoms with van der Waals surface area (Å²) < 4.78 is 26.4. The second-order valence-electron chi connectivity index (χ2n) is 4.21. The number of carbonyl (C=O) groups is 1. The first kappa shape index (κ1) is 13.1. The Balaban J connectivity index is 2.65. The lowest BCUT2D eigenvalue weighted by molar-refractivity contribution is -0.141. The van der Waals surface area contributed by atoms with Gasteiger partial charge in [0.15, 0.2) is 0 Å². The lowest BCUT2D eigenvalue weighted by Gasteiger charge is -2.25. The van der Waals surface area contributed by atoms with Crippen molar-refractivity contribution < 1.29 is 18.7 Å². The molecule has 0 fully saturated rings. The molecule has 0 aromatic carbocycles. The average Bonchev–Trinajstić information content (AvgIpc) is 2.37. The average molecular weight is 264 g/mol. The smallest absolute Gasteiger partial charge is 0.318 e. The molecule has 0 atom stereocenters. The van der Waals surface area contributed by atoms with E-state index in [1.165, 1.54) is 19.3 Å². The molecule has 2 aromatic heterocycles. The summed E-state index contributed by atoms with van der Waals surface area (Å²) in [7, 11) is 0. The topological polar surface area (TPSA) is 63.1 Å². The Kier molecular flexibility index (Phi) is 3.25. The van der Waals surface area contributed by atoms with Gasteiger partial charge in [-0.2, -0.15) is 0 Å². The molecule has 2 aromatic rings. The molecule has 0 amide bonds. The minimum atomic E-state index is -1.62. The summed E-state index contributed by atoms with van der Waals surface area (Å²) in [6.07, 6.45) is 4.41. The largest absolute Gasteiger partial charge is 0.480 e. The number of hydrogen-bond donors (Lipinski definition) is 1. The van der Waals surface area contributed by atoms with Crippen LogP contribution in [0.25, 0.3) is 0 Å². The summed E-state index contributed by atoms with van der Waals surface area (Å²) in [5.74, 6) is -2.56. The lowest BCUT2D eigenvalue weighted by Crippen LogP contribution is -2.34. The summed E-state index contributed by atoms with van der Waals surface area (Å²) in [5.41, 5.74) is -1.38. The van der Waals surface area contributed by atoms with Crippen molar-refractivity contribution in [2.24, 2.45) is 0 Å². The molecule has 6 heteroatoms. The fourth-order valence-electron chi connectivity index (χ4n) is 1.78. The number of carboxylic acid groups (broad SMARTS) is 1. The Hall–Kier alpha value is -2.37. The van der Waals surface area contributed by atoms with Crippen LogP contribution < -0.4 is 0 Å². The van der Waals surface area contributed by atoms with Crippen molar-refractivity contribution in [3.8, 4) is 0 Å². The number of aliphatic carboxylic acids is 1. The Bertz CT molecular complexity index is 586. The highest BCUT2D eigenvalue weighted by molar-refractivity contribution is 5.85. The monoisotopic (exact) mass is 264 g/mol. The van der Waals surface area contributed by atoms with E-state index in [1.54, 1.807) is 0 Å². The molecule has 1 N–H and O–H groups in total. The van der Waals surface area contributed by atoms with E-state index in [0.29, 0.717) is 0 Å². The summed E-state index contributed by atoms with van der Waals surface area (Å²) in [4.78, 5) is 18.8. The zero-order valence-corrected chi connectivity index (χ0v) is 9.97. The zero-order valence-electron chi connectivity index (χ0n) is 9.97. The van der Waals surface area contributed by atoms with Gasteiger partial charge in [-0.3, -0.25) is 14.8 Å². The minimum Gasteiger partial charge on any atom is -0.480 e. The van der Waals surface area contributed by atoms with E-state index >= 15 is 0 Å². The fraction of sp³-hybridized carbons (Fsp3) is 0.154. The van der Waals surface area contributed by atoms with E-state index in [4.69, 9.17) is 0 Å². The highest BCUT2D eigenvalue weighted by Gasteiger charge is 2.38. The van der Waals surface area contributed by atoms with E-state index in [1.807, 2.05) is 0 Å². The molecule has 98 valence electrons. The molecule has 19 heavy (non-hydrogen) atoms. The first-order chi connectivity index (χ1) is 8.94. The van der Waals surface area contributed by atoms with Crippen molar-refractivity contribution in [3.05, 3.63) is 59.7 Å². The number of pyridine rings is 2. The van der Waals surface area contributed by atoms with Gasteiger partial charge in [-0.1, -0.05) is 0 Å². The quantitative estimate of drug-likeness (QED) is 0.922.